The molecule has 1 saturated heterocycles. The third kappa shape index (κ3) is 22.9. The summed E-state index contributed by atoms with van der Waals surface area (Å²) in [6, 6.07) is 7.74. The summed E-state index contributed by atoms with van der Waals surface area (Å²) < 4.78 is 0. The minimum absolute atomic E-state index is 0. The molecule has 1 aliphatic rings. The second kappa shape index (κ2) is 33.0. The highest BCUT2D eigenvalue weighted by atomic mass is 16.7. The zero-order valence-corrected chi connectivity index (χ0v) is 34.2. The zero-order valence-electron chi connectivity index (χ0n) is 34.2. The Hall–Kier alpha value is -9.94. The Morgan fingerprint density at radius 1 is 0.875 bits per heavy atom. The lowest BCUT2D eigenvalue weighted by molar-refractivity contribution is -0.546. The lowest BCUT2D eigenvalue weighted by Gasteiger charge is -2.31. The van der Waals surface area contributed by atoms with Crippen LogP contribution in [0.2, 0.25) is 0 Å². The van der Waals surface area contributed by atoms with E-state index in [1.165, 1.54) is 11.7 Å². The second-order valence-corrected chi connectivity index (χ2v) is 11.6. The summed E-state index contributed by atoms with van der Waals surface area (Å²) in [6.07, 6.45) is 11.8. The normalized spacial score (nSPS) is 10.4. The van der Waals surface area contributed by atoms with Crippen LogP contribution in [0.3, 0.4) is 0 Å². The number of fused-ring (bicyclic) bond motifs is 1. The standard InChI is InChI=1S/C23H29N7O2.C23H4.H3N7O2.12H2/c24-21-19-2-1-17(13-18(19)3-6-26-21)15-29-23(32)20-22(27-8-7-25-20)28-14-16-4-9-30(10-5-16)11-12-31;1-3-5-7-9-11-13-15-17-19-21-23-22-20-18-16-14-12-10-8-6-4-2;1-2-3-4-5-6-7(8)9;;;;;;;;;;;;/h1-3,6-8,13,16,31H,4-5,9-12,14-15H2,(H2,24,26)(H,27,28)(H,29,32);1H,2H3;(H2,1,3,5)(H,2,4,6);12*1H. The van der Waals surface area contributed by atoms with Crippen LogP contribution in [0.5, 0.6) is 0 Å². The van der Waals surface area contributed by atoms with Crippen molar-refractivity contribution in [1.29, 1.82) is 0 Å². The number of nitro groups is 1. The average molecular weight is 873 g/mol. The van der Waals surface area contributed by atoms with Gasteiger partial charge in [0.15, 0.2) is 16.7 Å². The summed E-state index contributed by atoms with van der Waals surface area (Å²) >= 11 is 0. The molecule has 0 bridgehead atoms. The fourth-order valence-corrected chi connectivity index (χ4v) is 4.79. The van der Waals surface area contributed by atoms with Crippen LogP contribution in [0, 0.1) is 147 Å². The molecule has 0 unspecified atom stereocenters. The topological polar surface area (TPSA) is 260 Å². The molecule has 0 spiro atoms. The molecule has 1 aromatic carbocycles. The van der Waals surface area contributed by atoms with E-state index in [0.717, 1.165) is 55.4 Å². The van der Waals surface area contributed by atoms with Gasteiger partial charge in [0.1, 0.15) is 11.0 Å². The number of aliphatic hydroxyl groups is 1. The highest BCUT2D eigenvalue weighted by Gasteiger charge is 2.20. The minimum Gasteiger partial charge on any atom is -0.395 e. The number of aromatic nitrogens is 3. The number of carbonyl (C=O) groups is 1. The highest BCUT2D eigenvalue weighted by molar-refractivity contribution is 5.96. The van der Waals surface area contributed by atoms with Gasteiger partial charge < -0.3 is 42.3 Å². The lowest BCUT2D eigenvalue weighted by atomic mass is 9.97. The number of likely N-dealkylation sites (tertiary alicyclic amines) is 1. The maximum Gasteiger partial charge on any atom is 0.273 e. The quantitative estimate of drug-likeness (QED) is 0.0506. The van der Waals surface area contributed by atoms with Gasteiger partial charge in [-0.05, 0) is 157 Å². The first-order chi connectivity index (χ1) is 31.3. The van der Waals surface area contributed by atoms with Crippen LogP contribution in [0.4, 0.5) is 11.6 Å². The van der Waals surface area contributed by atoms with Crippen LogP contribution in [0.15, 0.2) is 63.7 Å². The van der Waals surface area contributed by atoms with Crippen molar-refractivity contribution in [3.63, 3.8) is 0 Å². The van der Waals surface area contributed by atoms with Crippen molar-refractivity contribution in [2.75, 3.05) is 43.8 Å². The van der Waals surface area contributed by atoms with Crippen LogP contribution in [0.25, 0.3) is 10.8 Å². The zero-order chi connectivity index (χ0) is 46.3. The summed E-state index contributed by atoms with van der Waals surface area (Å²) in [5.74, 6) is 57.6. The van der Waals surface area contributed by atoms with E-state index in [0.29, 0.717) is 29.8 Å². The van der Waals surface area contributed by atoms with Gasteiger partial charge in [-0.1, -0.05) is 23.3 Å². The third-order valence-electron chi connectivity index (χ3n) is 7.49. The van der Waals surface area contributed by atoms with Crippen LogP contribution in [-0.2, 0) is 6.54 Å². The summed E-state index contributed by atoms with van der Waals surface area (Å²) in [6.45, 7) is 5.70. The number of β-amino-alcohol motifs (C(OH)–C–C–N with tert-alkyl or cyclic N) is 1. The molecule has 18 heteroatoms. The Balaban J connectivity index is -0.0000000961. The number of hydrogen-bond donors (Lipinski definition) is 6. The van der Waals surface area contributed by atoms with Gasteiger partial charge in [-0.25, -0.2) is 15.0 Å². The SMILES string of the molecule is C#CC#CC#CC#CC#CC#CC#CC#CC#CC#CC#CC.NN=NN=NN[N+](=O)[O-].Nc1nccc2cc(CNC(=O)c3nccnc3NCC3CCN(CCO)CC3)ccc12.[HH].[HH].[HH].[HH].[HH].[HH].[HH].[HH].[HH].[HH].[HH].[HH]. The molecule has 3 heterocycles. The van der Waals surface area contributed by atoms with Crippen LogP contribution in [-0.4, -0.2) is 68.7 Å². The van der Waals surface area contributed by atoms with Crippen LogP contribution < -0.4 is 27.7 Å². The molecule has 0 radical (unpaired) electrons. The van der Waals surface area contributed by atoms with Crippen molar-refractivity contribution >= 4 is 28.3 Å². The number of pyridine rings is 1. The minimum atomic E-state index is -0.907. The van der Waals surface area contributed by atoms with Crippen LogP contribution in [0.1, 0.15) is 52.9 Å². The number of nitrogen functional groups attached to an aromatic ring is 1. The highest BCUT2D eigenvalue weighted by Crippen LogP contribution is 2.21. The van der Waals surface area contributed by atoms with Crippen molar-refractivity contribution in [2.45, 2.75) is 26.3 Å². The van der Waals surface area contributed by atoms with E-state index in [4.69, 9.17) is 17.3 Å². The lowest BCUT2D eigenvalue weighted by Crippen LogP contribution is -2.37. The van der Waals surface area contributed by atoms with E-state index < -0.39 is 5.03 Å². The predicted molar refractivity (Wildman–Crippen MR) is 266 cm³/mol. The number of anilines is 2. The number of rotatable bonds is 11. The fourth-order valence-electron chi connectivity index (χ4n) is 4.79. The van der Waals surface area contributed by atoms with Crippen molar-refractivity contribution in [3.05, 3.63) is 64.2 Å². The summed E-state index contributed by atoms with van der Waals surface area (Å²) in [5.41, 5.74) is 8.51. The summed E-state index contributed by atoms with van der Waals surface area (Å²) in [7, 11) is 0. The molecule has 4 rings (SSSR count). The molecule has 0 aliphatic carbocycles. The van der Waals surface area contributed by atoms with Gasteiger partial charge in [0.25, 0.3) is 5.91 Å². The Morgan fingerprint density at radius 3 is 2.00 bits per heavy atom. The third-order valence-corrected chi connectivity index (χ3v) is 7.49. The van der Waals surface area contributed by atoms with Gasteiger partial charge in [0.2, 0.25) is 0 Å². The van der Waals surface area contributed by atoms with E-state index in [-0.39, 0.29) is 29.6 Å². The van der Waals surface area contributed by atoms with E-state index in [2.05, 4.69) is 182 Å². The summed E-state index contributed by atoms with van der Waals surface area (Å²) in [5, 5.41) is 36.5. The van der Waals surface area contributed by atoms with Crippen molar-refractivity contribution in [3.8, 4) is 131 Å². The van der Waals surface area contributed by atoms with E-state index in [1.54, 1.807) is 19.3 Å². The second-order valence-electron chi connectivity index (χ2n) is 11.6. The number of aliphatic hydroxyl groups excluding tert-OH is 1. The van der Waals surface area contributed by atoms with Gasteiger partial charge >= 0.3 is 0 Å². The molecule has 18 nitrogen and oxygen atoms in total. The van der Waals surface area contributed by atoms with Gasteiger partial charge in [0, 0.05) is 95.2 Å². The smallest absolute Gasteiger partial charge is 0.273 e. The number of carbonyl (C=O) groups excluding carboxylic acids is 1. The van der Waals surface area contributed by atoms with E-state index in [9.17, 15) is 14.9 Å². The first-order valence-electron chi connectivity index (χ1n) is 18.4. The monoisotopic (exact) mass is 872 g/mol. The predicted octanol–water partition coefficient (Wildman–Crippen LogP) is 4.65. The van der Waals surface area contributed by atoms with Gasteiger partial charge in [-0.15, -0.1) is 6.42 Å². The van der Waals surface area contributed by atoms with Crippen molar-refractivity contribution < 1.29 is 32.1 Å². The Kier molecular flexibility index (Phi) is 25.8. The van der Waals surface area contributed by atoms with E-state index >= 15 is 0 Å². The van der Waals surface area contributed by atoms with E-state index in [1.807, 2.05) is 24.3 Å². The molecule has 2 aromatic heterocycles. The van der Waals surface area contributed by atoms with Gasteiger partial charge in [-0.3, -0.25) is 4.79 Å². The molecule has 3 aromatic rings. The molecule has 0 saturated carbocycles. The number of nitrogens with two attached hydrogens (primary N) is 2. The maximum atomic E-state index is 12.8. The number of nitrogens with one attached hydrogen (secondary N) is 3. The van der Waals surface area contributed by atoms with Crippen molar-refractivity contribution in [2.24, 2.45) is 32.7 Å². The molecule has 8 N–H and O–H groups in total. The molecule has 0 atom stereocenters. The molecular formula is C46H60N14O4. The molecule has 1 amide bonds. The number of hydrazine groups is 1. The number of amides is 1. The first-order valence-corrected chi connectivity index (χ1v) is 18.4. The van der Waals surface area contributed by atoms with Gasteiger partial charge in [0.05, 0.1) is 11.6 Å². The number of hydrogen-bond acceptors (Lipinski definition) is 12. The molecule has 64 heavy (non-hydrogen) atoms. The molecule has 1 fully saturated rings. The number of terminal acetylenes is 1. The largest absolute Gasteiger partial charge is 0.395 e. The van der Waals surface area contributed by atoms with Gasteiger partial charge in [-0.2, -0.15) is 0 Å². The fraction of sp³-hybridized carbons (Fsp3) is 0.217. The van der Waals surface area contributed by atoms with Crippen molar-refractivity contribution in [1.82, 2.24) is 30.7 Å². The Labute approximate surface area is 388 Å². The Morgan fingerprint density at radius 2 is 1.45 bits per heavy atom. The molecular weight excluding hydrogens is 813 g/mol. The molecule has 338 valence electrons. The summed E-state index contributed by atoms with van der Waals surface area (Å²) in [4.78, 5) is 37.2. The number of nitrogens with zero attached hydrogens (tertiary/aromatic N) is 9. The maximum absolute atomic E-state index is 12.8. The Bertz CT molecular complexity index is 2920. The number of piperidine rings is 1. The number of benzene rings is 1. The van der Waals surface area contributed by atoms with Crippen LogP contribution >= 0.6 is 0 Å². The first kappa shape index (κ1) is 50.2. The average Bonchev–Trinajstić information content (AvgIpc) is 3.31. The molecule has 1 aliphatic heterocycles.